The van der Waals surface area contributed by atoms with Crippen LogP contribution < -0.4 is 0 Å². The van der Waals surface area contributed by atoms with Gasteiger partial charge in [0, 0.05) is 29.2 Å². The van der Waals surface area contributed by atoms with Crippen molar-refractivity contribution in [3.8, 4) is 11.8 Å². The molecule has 194 valence electrons. The van der Waals surface area contributed by atoms with Crippen LogP contribution >= 0.6 is 11.6 Å². The molecule has 0 radical (unpaired) electrons. The second-order valence-corrected chi connectivity index (χ2v) is 9.72. The van der Waals surface area contributed by atoms with Gasteiger partial charge in [0.2, 0.25) is 0 Å². The quantitative estimate of drug-likeness (QED) is 0.192. The second-order valence-electron chi connectivity index (χ2n) is 9.31. The Hall–Kier alpha value is -2.54. The van der Waals surface area contributed by atoms with Crippen molar-refractivity contribution >= 4 is 28.2 Å². The van der Waals surface area contributed by atoms with Gasteiger partial charge in [0.05, 0.1) is 11.0 Å². The average Bonchev–Trinajstić information content (AvgIpc) is 3.09. The van der Waals surface area contributed by atoms with E-state index in [1.54, 1.807) is 6.92 Å². The minimum Gasteiger partial charge on any atom is -0.397 e. The predicted molar refractivity (Wildman–Crippen MR) is 157 cm³/mol. The van der Waals surface area contributed by atoms with Crippen molar-refractivity contribution in [2.75, 3.05) is 6.61 Å². The smallest absolute Gasteiger partial charge is 0.135 e. The summed E-state index contributed by atoms with van der Waals surface area (Å²) < 4.78 is 0. The number of nitrogens with one attached hydrogen (secondary N) is 1. The number of nitrogens with zero attached hydrogens (tertiary/aromatic N) is 1. The highest BCUT2D eigenvalue weighted by Gasteiger charge is 2.11. The van der Waals surface area contributed by atoms with Crippen molar-refractivity contribution in [3.63, 3.8) is 0 Å². The Morgan fingerprint density at radius 3 is 2.56 bits per heavy atom. The van der Waals surface area contributed by atoms with E-state index in [4.69, 9.17) is 21.7 Å². The molecule has 0 saturated heterocycles. The lowest BCUT2D eigenvalue weighted by Crippen LogP contribution is -1.99. The van der Waals surface area contributed by atoms with E-state index in [1.165, 1.54) is 36.8 Å². The van der Waals surface area contributed by atoms with Gasteiger partial charge in [-0.15, -0.1) is 0 Å². The molecule has 0 aliphatic heterocycles. The third-order valence-corrected chi connectivity index (χ3v) is 6.93. The van der Waals surface area contributed by atoms with Crippen LogP contribution in [0.4, 0.5) is 0 Å². The third-order valence-electron chi connectivity index (χ3n) is 6.53. The van der Waals surface area contributed by atoms with Gasteiger partial charge in [-0.2, -0.15) is 0 Å². The van der Waals surface area contributed by atoms with Crippen LogP contribution in [0.1, 0.15) is 91.0 Å². The lowest BCUT2D eigenvalue weighted by Gasteiger charge is -2.14. The number of halogens is 1. The van der Waals surface area contributed by atoms with Gasteiger partial charge in [-0.05, 0) is 68.4 Å². The first-order chi connectivity index (χ1) is 17.4. The van der Waals surface area contributed by atoms with Gasteiger partial charge in [-0.25, -0.2) is 4.98 Å². The molecule has 4 heteroatoms. The molecule has 1 atom stereocenters. The van der Waals surface area contributed by atoms with E-state index in [-0.39, 0.29) is 6.61 Å². The van der Waals surface area contributed by atoms with Crippen molar-refractivity contribution in [2.24, 2.45) is 5.92 Å². The van der Waals surface area contributed by atoms with E-state index in [1.807, 2.05) is 13.0 Å². The van der Waals surface area contributed by atoms with Gasteiger partial charge in [-0.3, -0.25) is 0 Å². The minimum atomic E-state index is 0.250. The Kier molecular flexibility index (Phi) is 12.8. The standard InChI is InChI=1S/C30H37ClN2.C2H6O/c1-6-9-10-12-21(4)23(7-2)15-16-24(8-3)25-13-11-14-26(18-17-25)30-32-28-19-22(5)27(31)20-29(28)33-30;1-2-3/h15-21H,6-10,12,14H2,1-5H3,(H,32,33);3H,2H2,1H3/b23-15+,24-16+;. The average molecular weight is 507 g/mol. The number of H-pyrrole nitrogens is 1. The largest absolute Gasteiger partial charge is 0.397 e. The molecule has 1 heterocycles. The highest BCUT2D eigenvalue weighted by molar-refractivity contribution is 6.32. The van der Waals surface area contributed by atoms with Gasteiger partial charge >= 0.3 is 0 Å². The van der Waals surface area contributed by atoms with Crippen molar-refractivity contribution in [3.05, 3.63) is 69.6 Å². The van der Waals surface area contributed by atoms with Crippen molar-refractivity contribution in [2.45, 2.75) is 86.5 Å². The molecule has 0 fully saturated rings. The van der Waals surface area contributed by atoms with Gasteiger partial charge in [-0.1, -0.05) is 94.2 Å². The van der Waals surface area contributed by atoms with E-state index >= 15 is 0 Å². The number of benzene rings is 1. The lowest BCUT2D eigenvalue weighted by molar-refractivity contribution is 0.318. The summed E-state index contributed by atoms with van der Waals surface area (Å²) in [5.74, 6) is 8.26. The van der Waals surface area contributed by atoms with Crippen LogP contribution in [0.5, 0.6) is 0 Å². The SMILES string of the molecule is CCCCCC(C)/C(=C/C=C(\CC)C1=CC=C(c2nc3cc(Cl)c(C)cc3[nH]2)CC#C1)CC.CCO. The van der Waals surface area contributed by atoms with Crippen LogP contribution in [0.3, 0.4) is 0 Å². The van der Waals surface area contributed by atoms with Gasteiger partial charge < -0.3 is 10.1 Å². The molecule has 36 heavy (non-hydrogen) atoms. The molecule has 3 nitrogen and oxygen atoms in total. The molecule has 3 rings (SSSR count). The Labute approximate surface area is 223 Å². The third kappa shape index (κ3) is 8.54. The molecular weight excluding hydrogens is 464 g/mol. The summed E-state index contributed by atoms with van der Waals surface area (Å²) in [7, 11) is 0. The van der Waals surface area contributed by atoms with E-state index in [0.29, 0.717) is 12.3 Å². The number of unbranched alkanes of at least 4 members (excludes halogenated alkanes) is 2. The number of imidazole rings is 1. The highest BCUT2D eigenvalue weighted by atomic mass is 35.5. The number of hydrogen-bond acceptors (Lipinski definition) is 2. The maximum atomic E-state index is 7.57. The number of hydrogen-bond donors (Lipinski definition) is 2. The van der Waals surface area contributed by atoms with Crippen molar-refractivity contribution < 1.29 is 5.11 Å². The molecule has 0 amide bonds. The van der Waals surface area contributed by atoms with Crippen LogP contribution in [0, 0.1) is 24.7 Å². The number of aliphatic hydroxyl groups excluding tert-OH is 1. The summed E-state index contributed by atoms with van der Waals surface area (Å²) in [6.45, 7) is 13.1. The molecule has 2 N–H and O–H groups in total. The summed E-state index contributed by atoms with van der Waals surface area (Å²) in [5.41, 5.74) is 7.98. The molecule has 1 unspecified atom stereocenters. The van der Waals surface area contributed by atoms with Crippen LogP contribution in [-0.4, -0.2) is 21.7 Å². The molecule has 1 aliphatic rings. The summed E-state index contributed by atoms with van der Waals surface area (Å²) in [6, 6.07) is 3.98. The maximum Gasteiger partial charge on any atom is 0.135 e. The van der Waals surface area contributed by atoms with E-state index < -0.39 is 0 Å². The number of aliphatic hydroxyl groups is 1. The first kappa shape index (κ1) is 29.7. The monoisotopic (exact) mass is 506 g/mol. The number of rotatable bonds is 10. The Bertz CT molecular complexity index is 1140. The number of allylic oxidation sites excluding steroid dienone is 8. The maximum absolute atomic E-state index is 7.57. The Morgan fingerprint density at radius 2 is 1.89 bits per heavy atom. The number of aromatic nitrogens is 2. The zero-order chi connectivity index (χ0) is 26.5. The van der Waals surface area contributed by atoms with Crippen LogP contribution in [-0.2, 0) is 0 Å². The minimum absolute atomic E-state index is 0.250. The number of aromatic amines is 1. The normalized spacial score (nSPS) is 14.8. The molecule has 1 aromatic carbocycles. The molecule has 0 saturated carbocycles. The molecule has 1 aromatic heterocycles. The summed E-state index contributed by atoms with van der Waals surface area (Å²) in [6.07, 6.45) is 16.9. The van der Waals surface area contributed by atoms with E-state index in [2.05, 4.69) is 74.9 Å². The lowest BCUT2D eigenvalue weighted by atomic mass is 9.92. The highest BCUT2D eigenvalue weighted by Crippen LogP contribution is 2.27. The molecule has 0 spiro atoms. The number of fused-ring (bicyclic) bond motifs is 1. The fourth-order valence-electron chi connectivity index (χ4n) is 4.28. The molecule has 2 aromatic rings. The first-order valence-corrected chi connectivity index (χ1v) is 13.8. The van der Waals surface area contributed by atoms with E-state index in [9.17, 15) is 0 Å². The number of aryl methyl sites for hydroxylation is 1. The van der Waals surface area contributed by atoms with Crippen molar-refractivity contribution in [1.82, 2.24) is 9.97 Å². The molecule has 0 bridgehead atoms. The second kappa shape index (κ2) is 15.5. The zero-order valence-electron chi connectivity index (χ0n) is 23.0. The summed E-state index contributed by atoms with van der Waals surface area (Å²) in [4.78, 5) is 8.20. The topological polar surface area (TPSA) is 48.9 Å². The first-order valence-electron chi connectivity index (χ1n) is 13.4. The van der Waals surface area contributed by atoms with Gasteiger partial charge in [0.15, 0.2) is 0 Å². The fourth-order valence-corrected chi connectivity index (χ4v) is 4.44. The predicted octanol–water partition coefficient (Wildman–Crippen LogP) is 9.13. The Balaban J connectivity index is 0.00000145. The van der Waals surface area contributed by atoms with Gasteiger partial charge in [0.25, 0.3) is 0 Å². The molecular formula is C32H43ClN2O. The van der Waals surface area contributed by atoms with Gasteiger partial charge in [0.1, 0.15) is 5.82 Å². The zero-order valence-corrected chi connectivity index (χ0v) is 23.7. The summed E-state index contributed by atoms with van der Waals surface area (Å²) in [5, 5.41) is 8.31. The van der Waals surface area contributed by atoms with Crippen LogP contribution in [0.25, 0.3) is 16.6 Å². The fraction of sp³-hybridized carbons (Fsp3) is 0.469. The van der Waals surface area contributed by atoms with E-state index in [0.717, 1.165) is 51.4 Å². The van der Waals surface area contributed by atoms with Crippen LogP contribution in [0.2, 0.25) is 5.02 Å². The molecule has 1 aliphatic carbocycles. The van der Waals surface area contributed by atoms with Crippen molar-refractivity contribution in [1.29, 1.82) is 0 Å². The Morgan fingerprint density at radius 1 is 1.14 bits per heavy atom. The van der Waals surface area contributed by atoms with Crippen LogP contribution in [0.15, 0.2) is 53.2 Å². The summed E-state index contributed by atoms with van der Waals surface area (Å²) >= 11 is 6.28.